The van der Waals surface area contributed by atoms with Gasteiger partial charge in [-0.15, -0.1) is 0 Å². The Morgan fingerprint density at radius 2 is 1.63 bits per heavy atom. The molecule has 2 aromatic carbocycles. The quantitative estimate of drug-likeness (QED) is 0.551. The Balaban J connectivity index is 1.36. The summed E-state index contributed by atoms with van der Waals surface area (Å²) in [7, 11) is 0. The van der Waals surface area contributed by atoms with Gasteiger partial charge < -0.3 is 0 Å². The van der Waals surface area contributed by atoms with Crippen molar-refractivity contribution in [1.29, 1.82) is 0 Å². The molecule has 2 aliphatic rings. The van der Waals surface area contributed by atoms with Gasteiger partial charge in [-0.05, 0) is 53.9 Å². The number of aryl methyl sites for hydroxylation is 1. The third-order valence-electron chi connectivity index (χ3n) is 5.94. The van der Waals surface area contributed by atoms with E-state index in [0.717, 1.165) is 24.3 Å². The molecule has 0 aromatic heterocycles. The smallest absolute Gasteiger partial charge is 0.137 e. The molecule has 0 heterocycles. The lowest BCUT2D eigenvalue weighted by atomic mass is 9.84. The molecule has 4 rings (SSSR count). The lowest BCUT2D eigenvalue weighted by Gasteiger charge is -2.19. The molecule has 0 N–H and O–H groups in total. The molecule has 0 saturated heterocycles. The Morgan fingerprint density at radius 3 is 2.30 bits per heavy atom. The van der Waals surface area contributed by atoms with E-state index < -0.39 is 0 Å². The second-order valence-corrected chi connectivity index (χ2v) is 7.93. The number of ketones is 1. The molecule has 0 radical (unpaired) electrons. The topological polar surface area (TPSA) is 17.1 Å². The van der Waals surface area contributed by atoms with Gasteiger partial charge in [0.15, 0.2) is 0 Å². The largest absolute Gasteiger partial charge is 0.299 e. The SMILES string of the molecule is CCc1ccc(CC(=O)CCC2=CC=C(c3ccccc3)C2C2CC2)cc1. The Morgan fingerprint density at radius 1 is 0.926 bits per heavy atom. The van der Waals surface area contributed by atoms with Crippen LogP contribution in [-0.2, 0) is 17.6 Å². The van der Waals surface area contributed by atoms with Gasteiger partial charge in [-0.1, -0.05) is 79.2 Å². The second-order valence-electron chi connectivity index (χ2n) is 7.93. The Labute approximate surface area is 162 Å². The van der Waals surface area contributed by atoms with Crippen LogP contribution in [0.3, 0.4) is 0 Å². The number of rotatable bonds is 8. The standard InChI is InChI=1S/C26H28O/c1-2-19-8-10-20(11-9-19)18-24(27)16-14-23-15-17-25(26(23)22-12-13-22)21-6-4-3-5-7-21/h3-11,15,17,22,26H,2,12-14,16,18H2,1H3. The molecule has 1 fully saturated rings. The third-order valence-corrected chi connectivity index (χ3v) is 5.94. The van der Waals surface area contributed by atoms with E-state index in [-0.39, 0.29) is 0 Å². The Hall–Kier alpha value is -2.41. The first-order valence-corrected chi connectivity index (χ1v) is 10.3. The van der Waals surface area contributed by atoms with Crippen LogP contribution >= 0.6 is 0 Å². The minimum Gasteiger partial charge on any atom is -0.299 e. The molecule has 1 unspecified atom stereocenters. The van der Waals surface area contributed by atoms with Crippen LogP contribution in [0.1, 0.15) is 49.3 Å². The summed E-state index contributed by atoms with van der Waals surface area (Å²) in [6, 6.07) is 19.2. The van der Waals surface area contributed by atoms with Gasteiger partial charge in [-0.2, -0.15) is 0 Å². The van der Waals surface area contributed by atoms with Crippen molar-refractivity contribution in [2.45, 2.75) is 45.4 Å². The lowest BCUT2D eigenvalue weighted by molar-refractivity contribution is -0.118. The maximum absolute atomic E-state index is 12.5. The second kappa shape index (κ2) is 8.08. The van der Waals surface area contributed by atoms with Crippen LogP contribution in [0.4, 0.5) is 0 Å². The predicted octanol–water partition coefficient (Wildman–Crippen LogP) is 6.19. The zero-order valence-corrected chi connectivity index (χ0v) is 16.2. The van der Waals surface area contributed by atoms with E-state index >= 15 is 0 Å². The molecule has 0 bridgehead atoms. The number of carbonyl (C=O) groups excluding carboxylic acids is 1. The fourth-order valence-corrected chi connectivity index (χ4v) is 4.23. The highest BCUT2D eigenvalue weighted by Crippen LogP contribution is 2.50. The molecule has 1 atom stereocenters. The van der Waals surface area contributed by atoms with Crippen LogP contribution in [-0.4, -0.2) is 5.78 Å². The molecular weight excluding hydrogens is 328 g/mol. The summed E-state index contributed by atoms with van der Waals surface area (Å²) in [6.07, 6.45) is 10.4. The molecular formula is C26H28O. The maximum Gasteiger partial charge on any atom is 0.137 e. The van der Waals surface area contributed by atoms with Crippen LogP contribution in [0.15, 0.2) is 72.3 Å². The number of carbonyl (C=O) groups is 1. The van der Waals surface area contributed by atoms with Gasteiger partial charge in [0.05, 0.1) is 0 Å². The first kappa shape index (κ1) is 18.0. The molecule has 0 amide bonds. The van der Waals surface area contributed by atoms with E-state index in [9.17, 15) is 4.79 Å². The van der Waals surface area contributed by atoms with Gasteiger partial charge in [0.1, 0.15) is 5.78 Å². The van der Waals surface area contributed by atoms with Gasteiger partial charge in [-0.25, -0.2) is 0 Å². The number of Topliss-reactive ketones (excluding diaryl/α,β-unsaturated/α-hetero) is 1. The summed E-state index contributed by atoms with van der Waals surface area (Å²) in [5.74, 6) is 1.66. The molecule has 1 saturated carbocycles. The zero-order valence-electron chi connectivity index (χ0n) is 16.2. The molecule has 2 aromatic rings. The van der Waals surface area contributed by atoms with Gasteiger partial charge in [0.25, 0.3) is 0 Å². The van der Waals surface area contributed by atoms with Crippen LogP contribution in [0, 0.1) is 11.8 Å². The van der Waals surface area contributed by atoms with E-state index in [0.29, 0.717) is 24.5 Å². The Bertz CT molecular complexity index is 851. The van der Waals surface area contributed by atoms with Crippen molar-refractivity contribution in [1.82, 2.24) is 0 Å². The van der Waals surface area contributed by atoms with Crippen molar-refractivity contribution in [2.75, 3.05) is 0 Å². The maximum atomic E-state index is 12.5. The predicted molar refractivity (Wildman–Crippen MR) is 112 cm³/mol. The highest BCUT2D eigenvalue weighted by atomic mass is 16.1. The lowest BCUT2D eigenvalue weighted by Crippen LogP contribution is -2.09. The Kier molecular flexibility index (Phi) is 5.38. The van der Waals surface area contributed by atoms with Crippen LogP contribution in [0.2, 0.25) is 0 Å². The summed E-state index contributed by atoms with van der Waals surface area (Å²) in [5.41, 5.74) is 6.72. The molecule has 0 aliphatic heterocycles. The van der Waals surface area contributed by atoms with Gasteiger partial charge in [-0.3, -0.25) is 4.79 Å². The molecule has 2 aliphatic carbocycles. The normalized spacial score (nSPS) is 18.9. The highest BCUT2D eigenvalue weighted by Gasteiger charge is 2.37. The number of hydrogen-bond donors (Lipinski definition) is 0. The first-order valence-electron chi connectivity index (χ1n) is 10.3. The minimum absolute atomic E-state index is 0.350. The summed E-state index contributed by atoms with van der Waals surface area (Å²) in [4.78, 5) is 12.5. The van der Waals surface area contributed by atoms with Crippen molar-refractivity contribution < 1.29 is 4.79 Å². The first-order chi connectivity index (χ1) is 13.2. The van der Waals surface area contributed by atoms with E-state index in [1.165, 1.54) is 35.1 Å². The number of allylic oxidation sites excluding steroid dienone is 4. The van der Waals surface area contributed by atoms with Crippen LogP contribution < -0.4 is 0 Å². The minimum atomic E-state index is 0.350. The summed E-state index contributed by atoms with van der Waals surface area (Å²) < 4.78 is 0. The highest BCUT2D eigenvalue weighted by molar-refractivity contribution is 5.82. The van der Waals surface area contributed by atoms with Gasteiger partial charge in [0, 0.05) is 18.8 Å². The average Bonchev–Trinajstić information content (AvgIpc) is 3.46. The van der Waals surface area contributed by atoms with E-state index in [4.69, 9.17) is 0 Å². The van der Waals surface area contributed by atoms with Crippen molar-refractivity contribution >= 4 is 11.4 Å². The summed E-state index contributed by atoms with van der Waals surface area (Å²) in [5, 5.41) is 0. The van der Waals surface area contributed by atoms with Crippen molar-refractivity contribution in [3.8, 4) is 0 Å². The molecule has 0 spiro atoms. The zero-order chi connectivity index (χ0) is 18.6. The number of hydrogen-bond acceptors (Lipinski definition) is 1. The van der Waals surface area contributed by atoms with Gasteiger partial charge in [0.2, 0.25) is 0 Å². The van der Waals surface area contributed by atoms with Crippen LogP contribution in [0.5, 0.6) is 0 Å². The molecule has 27 heavy (non-hydrogen) atoms. The van der Waals surface area contributed by atoms with E-state index in [2.05, 4.69) is 73.7 Å². The fraction of sp³-hybridized carbons (Fsp3) is 0.346. The monoisotopic (exact) mass is 356 g/mol. The number of benzene rings is 2. The third kappa shape index (κ3) is 4.30. The van der Waals surface area contributed by atoms with Crippen molar-refractivity contribution in [3.05, 3.63) is 89.0 Å². The molecule has 1 nitrogen and oxygen atoms in total. The van der Waals surface area contributed by atoms with Crippen molar-refractivity contribution in [3.63, 3.8) is 0 Å². The van der Waals surface area contributed by atoms with Crippen LogP contribution in [0.25, 0.3) is 5.57 Å². The average molecular weight is 357 g/mol. The van der Waals surface area contributed by atoms with Crippen molar-refractivity contribution in [2.24, 2.45) is 11.8 Å². The summed E-state index contributed by atoms with van der Waals surface area (Å²) >= 11 is 0. The van der Waals surface area contributed by atoms with Gasteiger partial charge >= 0.3 is 0 Å². The van der Waals surface area contributed by atoms with E-state index in [1.54, 1.807) is 0 Å². The fourth-order valence-electron chi connectivity index (χ4n) is 4.23. The molecule has 138 valence electrons. The molecule has 1 heteroatoms. The summed E-state index contributed by atoms with van der Waals surface area (Å²) in [6.45, 7) is 2.16. The van der Waals surface area contributed by atoms with E-state index in [1.807, 2.05) is 0 Å².